The van der Waals surface area contributed by atoms with Crippen molar-refractivity contribution < 1.29 is 13.2 Å². The van der Waals surface area contributed by atoms with Crippen LogP contribution in [0.5, 0.6) is 0 Å². The van der Waals surface area contributed by atoms with Gasteiger partial charge in [0.25, 0.3) is 0 Å². The van der Waals surface area contributed by atoms with E-state index >= 15 is 0 Å². The topological polar surface area (TPSA) is 42.2 Å². The van der Waals surface area contributed by atoms with Crippen molar-refractivity contribution in [1.29, 1.82) is 0 Å². The minimum absolute atomic E-state index is 0.0448. The van der Waals surface area contributed by atoms with Gasteiger partial charge in [-0.05, 0) is 25.0 Å². The zero-order chi connectivity index (χ0) is 15.5. The maximum atomic E-state index is 12.8. The van der Waals surface area contributed by atoms with E-state index in [9.17, 15) is 13.2 Å². The fourth-order valence-electron chi connectivity index (χ4n) is 1.85. The summed E-state index contributed by atoms with van der Waals surface area (Å²) < 4.78 is 38.4. The Bertz CT molecular complexity index is 486. The Morgan fingerprint density at radius 3 is 2.40 bits per heavy atom. The second-order valence-corrected chi connectivity index (χ2v) is 5.30. The average Bonchev–Trinajstić information content (AvgIpc) is 2.33. The van der Waals surface area contributed by atoms with Crippen LogP contribution >= 0.6 is 12.2 Å². The lowest BCUT2D eigenvalue weighted by atomic mass is 10.1. The summed E-state index contributed by atoms with van der Waals surface area (Å²) >= 11 is 4.90. The van der Waals surface area contributed by atoms with Crippen LogP contribution in [0.1, 0.15) is 32.0 Å². The molecule has 0 aliphatic rings. The van der Waals surface area contributed by atoms with Gasteiger partial charge in [-0.15, -0.1) is 0 Å². The van der Waals surface area contributed by atoms with Gasteiger partial charge in [0.15, 0.2) is 0 Å². The van der Waals surface area contributed by atoms with Crippen molar-refractivity contribution >= 4 is 23.0 Å². The largest absolute Gasteiger partial charge is 0.433 e. The van der Waals surface area contributed by atoms with E-state index in [1.165, 1.54) is 6.07 Å². The molecule has 0 spiro atoms. The van der Waals surface area contributed by atoms with E-state index in [4.69, 9.17) is 18.0 Å². The van der Waals surface area contributed by atoms with Crippen LogP contribution in [0.15, 0.2) is 12.1 Å². The van der Waals surface area contributed by atoms with E-state index in [0.29, 0.717) is 18.7 Å². The smallest absolute Gasteiger partial charge is 0.389 e. The molecular weight excluding hydrogens is 287 g/mol. The van der Waals surface area contributed by atoms with Crippen molar-refractivity contribution in [2.45, 2.75) is 26.9 Å². The molecule has 0 atom stereocenters. The maximum absolute atomic E-state index is 12.8. The van der Waals surface area contributed by atoms with Gasteiger partial charge in [0.05, 0.1) is 5.56 Å². The summed E-state index contributed by atoms with van der Waals surface area (Å²) in [5, 5.41) is 0. The number of rotatable bonds is 5. The second kappa shape index (κ2) is 6.39. The van der Waals surface area contributed by atoms with Crippen LogP contribution in [-0.4, -0.2) is 23.1 Å². The highest BCUT2D eigenvalue weighted by atomic mass is 32.1. The SMILES string of the molecule is CCN(CC(C)C)c1nc(C(F)(F)F)ccc1C(N)=S. The van der Waals surface area contributed by atoms with Crippen molar-refractivity contribution in [3.05, 3.63) is 23.4 Å². The molecule has 0 saturated carbocycles. The normalized spacial score (nSPS) is 11.8. The predicted octanol–water partition coefficient (Wildman–Crippen LogP) is 3.22. The molecule has 1 rings (SSSR count). The Labute approximate surface area is 122 Å². The number of nitrogens with zero attached hydrogens (tertiary/aromatic N) is 2. The summed E-state index contributed by atoms with van der Waals surface area (Å²) in [4.78, 5) is 5.53. The van der Waals surface area contributed by atoms with E-state index < -0.39 is 11.9 Å². The lowest BCUT2D eigenvalue weighted by molar-refractivity contribution is -0.141. The van der Waals surface area contributed by atoms with Gasteiger partial charge in [0, 0.05) is 13.1 Å². The third-order valence-corrected chi connectivity index (χ3v) is 2.92. The number of pyridine rings is 1. The molecule has 0 bridgehead atoms. The lowest BCUT2D eigenvalue weighted by Gasteiger charge is -2.26. The highest BCUT2D eigenvalue weighted by Crippen LogP contribution is 2.30. The Kier molecular flexibility index (Phi) is 5.33. The molecule has 0 saturated heterocycles. The molecule has 0 radical (unpaired) electrons. The van der Waals surface area contributed by atoms with E-state index in [1.807, 2.05) is 20.8 Å². The van der Waals surface area contributed by atoms with Crippen molar-refractivity contribution in [2.75, 3.05) is 18.0 Å². The first-order valence-electron chi connectivity index (χ1n) is 6.29. The van der Waals surface area contributed by atoms with Crippen LogP contribution in [0, 0.1) is 5.92 Å². The fraction of sp³-hybridized carbons (Fsp3) is 0.538. The lowest BCUT2D eigenvalue weighted by Crippen LogP contribution is -2.31. The van der Waals surface area contributed by atoms with Crippen LogP contribution in [-0.2, 0) is 6.18 Å². The van der Waals surface area contributed by atoms with Crippen molar-refractivity contribution in [1.82, 2.24) is 4.98 Å². The number of nitrogens with two attached hydrogens (primary N) is 1. The summed E-state index contributed by atoms with van der Waals surface area (Å²) in [5.41, 5.74) is 5.02. The molecule has 0 fully saturated rings. The summed E-state index contributed by atoms with van der Waals surface area (Å²) in [5.74, 6) is 0.481. The molecule has 1 heterocycles. The van der Waals surface area contributed by atoms with E-state index in [0.717, 1.165) is 6.07 Å². The van der Waals surface area contributed by atoms with Crippen LogP contribution in [0.4, 0.5) is 19.0 Å². The molecule has 0 aliphatic carbocycles. The molecule has 1 aromatic heterocycles. The summed E-state index contributed by atoms with van der Waals surface area (Å²) in [6, 6.07) is 2.19. The van der Waals surface area contributed by atoms with Crippen LogP contribution in [0.25, 0.3) is 0 Å². The molecule has 7 heteroatoms. The number of anilines is 1. The Morgan fingerprint density at radius 2 is 2.00 bits per heavy atom. The molecular formula is C13H18F3N3S. The number of alkyl halides is 3. The fourth-order valence-corrected chi connectivity index (χ4v) is 2.01. The van der Waals surface area contributed by atoms with Gasteiger partial charge in [-0.1, -0.05) is 26.1 Å². The Balaban J connectivity index is 3.34. The zero-order valence-corrected chi connectivity index (χ0v) is 12.5. The van der Waals surface area contributed by atoms with Gasteiger partial charge < -0.3 is 10.6 Å². The highest BCUT2D eigenvalue weighted by Gasteiger charge is 2.33. The highest BCUT2D eigenvalue weighted by molar-refractivity contribution is 7.80. The van der Waals surface area contributed by atoms with E-state index in [2.05, 4.69) is 4.98 Å². The molecule has 1 aromatic rings. The third-order valence-electron chi connectivity index (χ3n) is 2.70. The first-order chi connectivity index (χ1) is 9.16. The number of hydrogen-bond acceptors (Lipinski definition) is 3. The number of halogens is 3. The molecule has 0 aliphatic heterocycles. The van der Waals surface area contributed by atoms with E-state index in [-0.39, 0.29) is 16.7 Å². The second-order valence-electron chi connectivity index (χ2n) is 4.86. The van der Waals surface area contributed by atoms with Gasteiger partial charge in [-0.2, -0.15) is 13.2 Å². The van der Waals surface area contributed by atoms with Crippen LogP contribution in [0.2, 0.25) is 0 Å². The van der Waals surface area contributed by atoms with Gasteiger partial charge in [0.1, 0.15) is 16.5 Å². The third kappa shape index (κ3) is 4.06. The standard InChI is InChI=1S/C13H18F3N3S/c1-4-19(7-8(2)3)12-9(11(17)20)5-6-10(18-12)13(14,15)16/h5-6,8H,4,7H2,1-3H3,(H2,17,20). The maximum Gasteiger partial charge on any atom is 0.433 e. The molecule has 112 valence electrons. The average molecular weight is 305 g/mol. The van der Waals surface area contributed by atoms with Gasteiger partial charge in [0.2, 0.25) is 0 Å². The minimum atomic E-state index is -4.49. The van der Waals surface area contributed by atoms with Gasteiger partial charge >= 0.3 is 6.18 Å². The van der Waals surface area contributed by atoms with Crippen molar-refractivity contribution in [3.8, 4) is 0 Å². The van der Waals surface area contributed by atoms with Crippen LogP contribution in [0.3, 0.4) is 0 Å². The van der Waals surface area contributed by atoms with Gasteiger partial charge in [-0.3, -0.25) is 0 Å². The minimum Gasteiger partial charge on any atom is -0.389 e. The van der Waals surface area contributed by atoms with E-state index in [1.54, 1.807) is 4.90 Å². The molecule has 0 unspecified atom stereocenters. The number of thiocarbonyl (C=S) groups is 1. The van der Waals surface area contributed by atoms with Crippen LogP contribution < -0.4 is 10.6 Å². The summed E-state index contributed by atoms with van der Waals surface area (Å²) in [7, 11) is 0. The number of hydrogen-bond donors (Lipinski definition) is 1. The quantitative estimate of drug-likeness (QED) is 0.848. The molecule has 2 N–H and O–H groups in total. The molecule has 0 amide bonds. The zero-order valence-electron chi connectivity index (χ0n) is 11.7. The first-order valence-corrected chi connectivity index (χ1v) is 6.70. The molecule has 20 heavy (non-hydrogen) atoms. The van der Waals surface area contributed by atoms with Crippen molar-refractivity contribution in [2.24, 2.45) is 11.7 Å². The van der Waals surface area contributed by atoms with Gasteiger partial charge in [-0.25, -0.2) is 4.98 Å². The monoisotopic (exact) mass is 305 g/mol. The Morgan fingerprint density at radius 1 is 1.40 bits per heavy atom. The summed E-state index contributed by atoms with van der Waals surface area (Å²) in [6.45, 7) is 6.93. The summed E-state index contributed by atoms with van der Waals surface area (Å²) in [6.07, 6.45) is -4.49. The molecule has 0 aromatic carbocycles. The first kappa shape index (κ1) is 16.7. The number of aromatic nitrogens is 1. The Hall–Kier alpha value is -1.37. The van der Waals surface area contributed by atoms with Crippen molar-refractivity contribution in [3.63, 3.8) is 0 Å². The predicted molar refractivity (Wildman–Crippen MR) is 77.9 cm³/mol. The molecule has 3 nitrogen and oxygen atoms in total.